The van der Waals surface area contributed by atoms with Crippen LogP contribution >= 0.6 is 11.6 Å². The summed E-state index contributed by atoms with van der Waals surface area (Å²) in [5.41, 5.74) is 0.745. The van der Waals surface area contributed by atoms with E-state index in [1.165, 1.54) is 25.6 Å². The van der Waals surface area contributed by atoms with Crippen LogP contribution in [0.25, 0.3) is 27.5 Å². The van der Waals surface area contributed by atoms with Crippen molar-refractivity contribution in [1.29, 1.82) is 0 Å². The average molecular weight is 372 g/mol. The van der Waals surface area contributed by atoms with Crippen LogP contribution in [0.15, 0.2) is 42.7 Å². The third-order valence-corrected chi connectivity index (χ3v) is 4.34. The highest BCUT2D eigenvalue weighted by Gasteiger charge is 2.25. The number of halogens is 2. The third-order valence-electron chi connectivity index (χ3n) is 4.11. The Balaban J connectivity index is 2.22. The number of carbonyl (C=O) groups excluding carboxylic acids is 1. The first-order valence-electron chi connectivity index (χ1n) is 7.54. The molecule has 2 aromatic heterocycles. The number of fused-ring (bicyclic) bond motifs is 3. The molecule has 0 amide bonds. The largest absolute Gasteiger partial charge is 0.505 e. The van der Waals surface area contributed by atoms with E-state index in [4.69, 9.17) is 16.3 Å². The molecule has 8 heteroatoms. The highest BCUT2D eigenvalue weighted by Crippen LogP contribution is 2.39. The van der Waals surface area contributed by atoms with Crippen molar-refractivity contribution in [3.63, 3.8) is 0 Å². The first-order chi connectivity index (χ1) is 12.5. The maximum Gasteiger partial charge on any atom is 0.360 e. The van der Waals surface area contributed by atoms with Crippen molar-refractivity contribution >= 4 is 34.0 Å². The first-order valence-corrected chi connectivity index (χ1v) is 7.92. The number of methoxy groups -OCH3 is 1. The van der Waals surface area contributed by atoms with E-state index in [1.54, 1.807) is 24.3 Å². The van der Waals surface area contributed by atoms with E-state index in [0.29, 0.717) is 16.0 Å². The minimum atomic E-state index is -0.784. The summed E-state index contributed by atoms with van der Waals surface area (Å²) in [6, 6.07) is 9.27. The number of hydrogen-bond acceptors (Lipinski definition) is 5. The molecule has 0 bridgehead atoms. The fourth-order valence-electron chi connectivity index (χ4n) is 3.02. The number of rotatable bonds is 2. The molecule has 0 fully saturated rings. The predicted molar refractivity (Wildman–Crippen MR) is 93.9 cm³/mol. The lowest BCUT2D eigenvalue weighted by molar-refractivity contribution is 0.0587. The average Bonchev–Trinajstić information content (AvgIpc) is 3.10. The molecule has 2 aromatic carbocycles. The molecule has 26 heavy (non-hydrogen) atoms. The number of aromatic nitrogens is 3. The standard InChI is InChI=1S/C18H11ClFN3O3/c1-26-18(25)15-16(24)11-5-6-12(20)13(9-3-2-4-10(19)7-9)14(11)17-21-8-22-23(15)17/h2-8,24H,1H3. The van der Waals surface area contributed by atoms with Gasteiger partial charge in [0.1, 0.15) is 12.1 Å². The van der Waals surface area contributed by atoms with Crippen LogP contribution in [0.2, 0.25) is 5.02 Å². The van der Waals surface area contributed by atoms with Gasteiger partial charge in [0.05, 0.1) is 7.11 Å². The summed E-state index contributed by atoms with van der Waals surface area (Å²) in [6.45, 7) is 0. The summed E-state index contributed by atoms with van der Waals surface area (Å²) in [4.78, 5) is 16.2. The Bertz CT molecular complexity index is 1190. The molecular formula is C18H11ClFN3O3. The summed E-state index contributed by atoms with van der Waals surface area (Å²) in [5.74, 6) is -1.67. The molecule has 2 heterocycles. The molecule has 1 N–H and O–H groups in total. The van der Waals surface area contributed by atoms with Crippen LogP contribution in [0.5, 0.6) is 5.75 Å². The third kappa shape index (κ3) is 2.28. The number of benzene rings is 2. The van der Waals surface area contributed by atoms with E-state index in [0.717, 1.165) is 4.52 Å². The lowest BCUT2D eigenvalue weighted by atomic mass is 9.97. The van der Waals surface area contributed by atoms with Gasteiger partial charge in [-0.05, 0) is 29.8 Å². The molecule has 0 atom stereocenters. The minimum absolute atomic E-state index is 0.184. The van der Waals surface area contributed by atoms with Gasteiger partial charge in [-0.3, -0.25) is 0 Å². The fourth-order valence-corrected chi connectivity index (χ4v) is 3.21. The van der Waals surface area contributed by atoms with Gasteiger partial charge >= 0.3 is 5.97 Å². The first kappa shape index (κ1) is 16.3. The minimum Gasteiger partial charge on any atom is -0.505 e. The van der Waals surface area contributed by atoms with E-state index in [-0.39, 0.29) is 28.0 Å². The molecular weight excluding hydrogens is 361 g/mol. The summed E-state index contributed by atoms with van der Waals surface area (Å²) in [7, 11) is 1.19. The van der Waals surface area contributed by atoms with Crippen LogP contribution < -0.4 is 0 Å². The van der Waals surface area contributed by atoms with Crippen LogP contribution in [0.1, 0.15) is 10.5 Å². The number of carbonyl (C=O) groups is 1. The van der Waals surface area contributed by atoms with Gasteiger partial charge in [-0.1, -0.05) is 23.7 Å². The Morgan fingerprint density at radius 2 is 2.12 bits per heavy atom. The molecule has 0 saturated carbocycles. The van der Waals surface area contributed by atoms with Crippen LogP contribution in [0, 0.1) is 5.82 Å². The van der Waals surface area contributed by atoms with Crippen LogP contribution in [0.3, 0.4) is 0 Å². The van der Waals surface area contributed by atoms with Crippen molar-refractivity contribution in [3.05, 3.63) is 59.3 Å². The van der Waals surface area contributed by atoms with Gasteiger partial charge in [-0.25, -0.2) is 18.7 Å². The van der Waals surface area contributed by atoms with Crippen molar-refractivity contribution in [2.75, 3.05) is 7.11 Å². The summed E-state index contributed by atoms with van der Waals surface area (Å²) in [5, 5.41) is 15.6. The summed E-state index contributed by atoms with van der Waals surface area (Å²) < 4.78 is 20.6. The zero-order valence-electron chi connectivity index (χ0n) is 13.4. The second-order valence-electron chi connectivity index (χ2n) is 5.54. The van der Waals surface area contributed by atoms with Crippen molar-refractivity contribution in [3.8, 4) is 16.9 Å². The SMILES string of the molecule is COC(=O)c1c(O)c2ccc(F)c(-c3cccc(Cl)c3)c2c2ncnn12. The molecule has 0 aliphatic heterocycles. The van der Waals surface area contributed by atoms with Gasteiger partial charge in [-0.2, -0.15) is 5.10 Å². The van der Waals surface area contributed by atoms with Gasteiger partial charge in [0.25, 0.3) is 0 Å². The second-order valence-corrected chi connectivity index (χ2v) is 5.98. The van der Waals surface area contributed by atoms with Gasteiger partial charge in [0.15, 0.2) is 17.1 Å². The summed E-state index contributed by atoms with van der Waals surface area (Å²) in [6.07, 6.45) is 1.22. The Labute approximate surface area is 151 Å². The number of nitrogens with zero attached hydrogens (tertiary/aromatic N) is 3. The lowest BCUT2D eigenvalue weighted by Gasteiger charge is -2.13. The zero-order chi connectivity index (χ0) is 18.4. The van der Waals surface area contributed by atoms with E-state index in [2.05, 4.69) is 10.1 Å². The monoisotopic (exact) mass is 371 g/mol. The van der Waals surface area contributed by atoms with E-state index >= 15 is 0 Å². The van der Waals surface area contributed by atoms with Crippen molar-refractivity contribution < 1.29 is 19.0 Å². The molecule has 0 spiro atoms. The quantitative estimate of drug-likeness (QED) is 0.542. The number of hydrogen-bond donors (Lipinski definition) is 1. The number of esters is 1. The van der Waals surface area contributed by atoms with Crippen molar-refractivity contribution in [2.45, 2.75) is 0 Å². The number of pyridine rings is 1. The number of ether oxygens (including phenoxy) is 1. The normalized spacial score (nSPS) is 11.2. The molecule has 0 aliphatic carbocycles. The van der Waals surface area contributed by atoms with Gasteiger partial charge in [0, 0.05) is 21.4 Å². The molecule has 130 valence electrons. The van der Waals surface area contributed by atoms with Crippen molar-refractivity contribution in [2.24, 2.45) is 0 Å². The van der Waals surface area contributed by atoms with Crippen LogP contribution in [-0.4, -0.2) is 32.8 Å². The number of aromatic hydroxyl groups is 1. The molecule has 4 rings (SSSR count). The van der Waals surface area contributed by atoms with Crippen molar-refractivity contribution in [1.82, 2.24) is 14.6 Å². The summed E-state index contributed by atoms with van der Waals surface area (Å²) >= 11 is 6.05. The van der Waals surface area contributed by atoms with E-state index in [9.17, 15) is 14.3 Å². The molecule has 0 aliphatic rings. The van der Waals surface area contributed by atoms with Gasteiger partial charge in [0.2, 0.25) is 0 Å². The van der Waals surface area contributed by atoms with E-state index < -0.39 is 11.8 Å². The lowest BCUT2D eigenvalue weighted by Crippen LogP contribution is -2.10. The smallest absolute Gasteiger partial charge is 0.360 e. The van der Waals surface area contributed by atoms with Crippen LogP contribution in [0.4, 0.5) is 4.39 Å². The molecule has 0 saturated heterocycles. The van der Waals surface area contributed by atoms with Gasteiger partial charge < -0.3 is 9.84 Å². The Morgan fingerprint density at radius 1 is 1.31 bits per heavy atom. The molecule has 0 unspecified atom stereocenters. The molecule has 0 radical (unpaired) electrons. The second kappa shape index (κ2) is 5.96. The van der Waals surface area contributed by atoms with Gasteiger partial charge in [-0.15, -0.1) is 0 Å². The Hall–Kier alpha value is -3.19. The Morgan fingerprint density at radius 3 is 2.85 bits per heavy atom. The maximum atomic E-state index is 14.8. The predicted octanol–water partition coefficient (Wildman–Crippen LogP) is 3.83. The molecule has 6 nitrogen and oxygen atoms in total. The highest BCUT2D eigenvalue weighted by atomic mass is 35.5. The Kier molecular flexibility index (Phi) is 3.73. The zero-order valence-corrected chi connectivity index (χ0v) is 14.2. The van der Waals surface area contributed by atoms with Crippen LogP contribution in [-0.2, 0) is 4.74 Å². The molecule has 4 aromatic rings. The topological polar surface area (TPSA) is 76.7 Å². The van der Waals surface area contributed by atoms with E-state index in [1.807, 2.05) is 0 Å². The fraction of sp³-hybridized carbons (Fsp3) is 0.0556. The highest BCUT2D eigenvalue weighted by molar-refractivity contribution is 6.31. The maximum absolute atomic E-state index is 14.8.